The zero-order valence-electron chi connectivity index (χ0n) is 6.90. The molecular weight excluding hydrogens is 170 g/mol. The number of hydrogen-bond donors (Lipinski definition) is 0. The smallest absolute Gasteiger partial charge is 0.276 e. The first-order chi connectivity index (χ1) is 6.29. The average Bonchev–Trinajstić information content (AvgIpc) is 2.17. The van der Waals surface area contributed by atoms with Gasteiger partial charge in [0.15, 0.2) is 0 Å². The molecule has 0 unspecified atom stereocenters. The lowest BCUT2D eigenvalue weighted by molar-refractivity contribution is -0.385. The van der Waals surface area contributed by atoms with Gasteiger partial charge in [-0.3, -0.25) is 10.1 Å². The quantitative estimate of drug-likeness (QED) is 0.487. The molecule has 1 radical (unpaired) electrons. The lowest BCUT2D eigenvalue weighted by atomic mass is 10.0. The molecule has 13 heavy (non-hydrogen) atoms. The van der Waals surface area contributed by atoms with Crippen LogP contribution in [-0.2, 0) is 0 Å². The number of benzene rings is 1. The van der Waals surface area contributed by atoms with E-state index in [0.717, 1.165) is 6.42 Å². The van der Waals surface area contributed by atoms with Crippen molar-refractivity contribution in [1.82, 2.24) is 0 Å². The van der Waals surface area contributed by atoms with Gasteiger partial charge < -0.3 is 4.74 Å². The molecule has 2 rings (SSSR count). The molecule has 0 bridgehead atoms. The van der Waals surface area contributed by atoms with Crippen molar-refractivity contribution in [3.63, 3.8) is 0 Å². The molecule has 4 nitrogen and oxygen atoms in total. The van der Waals surface area contributed by atoms with E-state index in [1.807, 2.05) is 6.42 Å². The normalized spacial score (nSPS) is 14.5. The third kappa shape index (κ3) is 1.35. The molecule has 1 aliphatic heterocycles. The number of nitro benzene ring substituents is 1. The third-order valence-corrected chi connectivity index (χ3v) is 1.96. The van der Waals surface area contributed by atoms with E-state index in [0.29, 0.717) is 17.9 Å². The van der Waals surface area contributed by atoms with E-state index in [-0.39, 0.29) is 10.6 Å². The summed E-state index contributed by atoms with van der Waals surface area (Å²) in [4.78, 5) is 10.2. The molecule has 1 aliphatic rings. The second kappa shape index (κ2) is 3.05. The first kappa shape index (κ1) is 8.04. The van der Waals surface area contributed by atoms with Crippen LogP contribution in [0.2, 0.25) is 0 Å². The first-order valence-electron chi connectivity index (χ1n) is 4.02. The molecule has 0 spiro atoms. The number of ether oxygens (including phenoxy) is 1. The van der Waals surface area contributed by atoms with E-state index in [9.17, 15) is 10.1 Å². The van der Waals surface area contributed by atoms with Crippen molar-refractivity contribution in [1.29, 1.82) is 0 Å². The molecule has 0 N–H and O–H groups in total. The molecule has 0 aliphatic carbocycles. The SMILES string of the molecule is O=[N+]([O-])c1cccc2c1[CH]CCO2. The fourth-order valence-electron chi connectivity index (χ4n) is 1.39. The summed E-state index contributed by atoms with van der Waals surface area (Å²) in [5.74, 6) is 0.612. The summed E-state index contributed by atoms with van der Waals surface area (Å²) in [5.41, 5.74) is 0.732. The van der Waals surface area contributed by atoms with E-state index in [1.54, 1.807) is 12.1 Å². The predicted octanol–water partition coefficient (Wildman–Crippen LogP) is 1.93. The third-order valence-electron chi connectivity index (χ3n) is 1.96. The molecule has 0 atom stereocenters. The van der Waals surface area contributed by atoms with Gasteiger partial charge in [0.2, 0.25) is 0 Å². The highest BCUT2D eigenvalue weighted by Crippen LogP contribution is 2.33. The van der Waals surface area contributed by atoms with Crippen molar-refractivity contribution in [2.24, 2.45) is 0 Å². The van der Waals surface area contributed by atoms with Crippen LogP contribution in [0.3, 0.4) is 0 Å². The standard InChI is InChI=1S/C9H8NO3/c11-10(12)8-4-1-5-9-7(8)3-2-6-13-9/h1,3-5H,2,6H2. The minimum atomic E-state index is -0.385. The predicted molar refractivity (Wildman–Crippen MR) is 46.6 cm³/mol. The highest BCUT2D eigenvalue weighted by atomic mass is 16.6. The Hall–Kier alpha value is -1.58. The van der Waals surface area contributed by atoms with Crippen LogP contribution in [0.15, 0.2) is 18.2 Å². The van der Waals surface area contributed by atoms with Gasteiger partial charge >= 0.3 is 0 Å². The number of fused-ring (bicyclic) bond motifs is 1. The minimum Gasteiger partial charge on any atom is -0.493 e. The number of nitro groups is 1. The van der Waals surface area contributed by atoms with Crippen molar-refractivity contribution < 1.29 is 9.66 Å². The Balaban J connectivity index is 2.52. The van der Waals surface area contributed by atoms with Gasteiger partial charge in [-0.05, 0) is 12.5 Å². The van der Waals surface area contributed by atoms with E-state index in [4.69, 9.17) is 4.74 Å². The molecule has 67 valence electrons. The van der Waals surface area contributed by atoms with E-state index < -0.39 is 0 Å². The highest BCUT2D eigenvalue weighted by molar-refractivity contribution is 5.54. The van der Waals surface area contributed by atoms with Gasteiger partial charge in [-0.1, -0.05) is 6.07 Å². The zero-order valence-corrected chi connectivity index (χ0v) is 6.90. The number of nitrogens with zero attached hydrogens (tertiary/aromatic N) is 1. The molecule has 1 aromatic rings. The van der Waals surface area contributed by atoms with Crippen molar-refractivity contribution in [3.05, 3.63) is 40.3 Å². The van der Waals surface area contributed by atoms with Crippen LogP contribution in [-0.4, -0.2) is 11.5 Å². The van der Waals surface area contributed by atoms with Gasteiger partial charge in [-0.25, -0.2) is 0 Å². The van der Waals surface area contributed by atoms with E-state index in [1.165, 1.54) is 6.07 Å². The monoisotopic (exact) mass is 178 g/mol. The van der Waals surface area contributed by atoms with Gasteiger partial charge in [0, 0.05) is 12.5 Å². The van der Waals surface area contributed by atoms with E-state index >= 15 is 0 Å². The summed E-state index contributed by atoms with van der Waals surface area (Å²) >= 11 is 0. The largest absolute Gasteiger partial charge is 0.493 e. The van der Waals surface area contributed by atoms with Crippen molar-refractivity contribution >= 4 is 5.69 Å². The van der Waals surface area contributed by atoms with Gasteiger partial charge in [0.1, 0.15) is 5.75 Å². The summed E-state index contributed by atoms with van der Waals surface area (Å²) < 4.78 is 5.28. The van der Waals surface area contributed by atoms with Crippen LogP contribution >= 0.6 is 0 Å². The molecule has 0 saturated carbocycles. The second-order valence-corrected chi connectivity index (χ2v) is 2.79. The summed E-state index contributed by atoms with van der Waals surface area (Å²) in [6, 6.07) is 4.87. The Bertz CT molecular complexity index is 349. The van der Waals surface area contributed by atoms with Crippen LogP contribution in [0.5, 0.6) is 5.75 Å². The molecule has 0 amide bonds. The molecule has 0 aromatic heterocycles. The molecule has 1 aromatic carbocycles. The molecule has 0 saturated heterocycles. The van der Waals surface area contributed by atoms with Crippen LogP contribution in [0.1, 0.15) is 12.0 Å². The maximum Gasteiger partial charge on any atom is 0.276 e. The fourth-order valence-corrected chi connectivity index (χ4v) is 1.39. The second-order valence-electron chi connectivity index (χ2n) is 2.79. The first-order valence-corrected chi connectivity index (χ1v) is 4.02. The Morgan fingerprint density at radius 2 is 2.31 bits per heavy atom. The highest BCUT2D eigenvalue weighted by Gasteiger charge is 2.20. The van der Waals surface area contributed by atoms with Crippen molar-refractivity contribution in [2.45, 2.75) is 6.42 Å². The van der Waals surface area contributed by atoms with Crippen molar-refractivity contribution in [3.8, 4) is 5.75 Å². The van der Waals surface area contributed by atoms with Gasteiger partial charge in [-0.2, -0.15) is 0 Å². The topological polar surface area (TPSA) is 52.4 Å². The Morgan fingerprint density at radius 3 is 3.08 bits per heavy atom. The Morgan fingerprint density at radius 1 is 1.46 bits per heavy atom. The Labute approximate surface area is 75.3 Å². The van der Waals surface area contributed by atoms with E-state index in [2.05, 4.69) is 0 Å². The van der Waals surface area contributed by atoms with Gasteiger partial charge in [-0.15, -0.1) is 0 Å². The molecule has 4 heteroatoms. The lowest BCUT2D eigenvalue weighted by Gasteiger charge is -2.15. The molecule has 1 heterocycles. The van der Waals surface area contributed by atoms with Crippen LogP contribution in [0, 0.1) is 16.5 Å². The average molecular weight is 178 g/mol. The summed E-state index contributed by atoms with van der Waals surface area (Å²) in [6.07, 6.45) is 2.58. The van der Waals surface area contributed by atoms with Crippen LogP contribution < -0.4 is 4.74 Å². The van der Waals surface area contributed by atoms with Crippen LogP contribution in [0.4, 0.5) is 5.69 Å². The zero-order chi connectivity index (χ0) is 9.26. The number of rotatable bonds is 1. The minimum absolute atomic E-state index is 0.122. The summed E-state index contributed by atoms with van der Waals surface area (Å²) in [5, 5.41) is 10.6. The summed E-state index contributed by atoms with van der Waals surface area (Å²) in [6.45, 7) is 0.605. The van der Waals surface area contributed by atoms with Crippen LogP contribution in [0.25, 0.3) is 0 Å². The lowest BCUT2D eigenvalue weighted by Crippen LogP contribution is -2.08. The summed E-state index contributed by atoms with van der Waals surface area (Å²) in [7, 11) is 0. The maximum absolute atomic E-state index is 10.6. The van der Waals surface area contributed by atoms with Gasteiger partial charge in [0.25, 0.3) is 5.69 Å². The molecular formula is C9H8NO3. The van der Waals surface area contributed by atoms with Gasteiger partial charge in [0.05, 0.1) is 17.1 Å². The Kier molecular flexibility index (Phi) is 1.88. The molecule has 0 fully saturated rings. The van der Waals surface area contributed by atoms with Crippen molar-refractivity contribution in [2.75, 3.05) is 6.61 Å². The number of hydrogen-bond acceptors (Lipinski definition) is 3. The fraction of sp³-hybridized carbons (Fsp3) is 0.222. The maximum atomic E-state index is 10.6.